The van der Waals surface area contributed by atoms with E-state index in [1.54, 1.807) is 7.11 Å². The predicted molar refractivity (Wildman–Crippen MR) is 81.0 cm³/mol. The van der Waals surface area contributed by atoms with Crippen molar-refractivity contribution in [2.45, 2.75) is 19.3 Å². The molecule has 0 N–H and O–H groups in total. The molecule has 1 heterocycles. The minimum atomic E-state index is -2.80. The second-order valence-corrected chi connectivity index (χ2v) is 7.61. The number of rotatable bonds is 5. The van der Waals surface area contributed by atoms with Crippen LogP contribution in [0.5, 0.6) is 5.75 Å². The van der Waals surface area contributed by atoms with Crippen LogP contribution in [0, 0.1) is 0 Å². The van der Waals surface area contributed by atoms with Crippen molar-refractivity contribution in [3.63, 3.8) is 0 Å². The molecule has 20 heavy (non-hydrogen) atoms. The van der Waals surface area contributed by atoms with Crippen LogP contribution in [-0.4, -0.2) is 51.6 Å². The van der Waals surface area contributed by atoms with Crippen LogP contribution < -0.4 is 4.74 Å². The van der Waals surface area contributed by atoms with Gasteiger partial charge in [0.1, 0.15) is 5.75 Å². The first-order chi connectivity index (χ1) is 9.59. The number of methoxy groups -OCH3 is 1. The number of hydrogen-bond donors (Lipinski definition) is 0. The molecule has 2 rings (SSSR count). The van der Waals surface area contributed by atoms with E-state index in [0.717, 1.165) is 38.1 Å². The summed E-state index contributed by atoms with van der Waals surface area (Å²) in [5.74, 6) is 1.55. The van der Waals surface area contributed by atoms with E-state index in [2.05, 4.69) is 17.0 Å². The van der Waals surface area contributed by atoms with Crippen molar-refractivity contribution in [3.8, 4) is 5.75 Å². The van der Waals surface area contributed by atoms with Crippen molar-refractivity contribution in [3.05, 3.63) is 29.8 Å². The van der Waals surface area contributed by atoms with Gasteiger partial charge in [-0.25, -0.2) is 8.42 Å². The zero-order valence-corrected chi connectivity index (χ0v) is 12.9. The molecule has 112 valence electrons. The fourth-order valence-electron chi connectivity index (χ4n) is 2.55. The smallest absolute Gasteiger partial charge is 0.151 e. The van der Waals surface area contributed by atoms with Crippen molar-refractivity contribution in [2.24, 2.45) is 0 Å². The number of nitrogens with zero attached hydrogens (tertiary/aromatic N) is 1. The van der Waals surface area contributed by atoms with Crippen molar-refractivity contribution in [1.82, 2.24) is 4.90 Å². The summed E-state index contributed by atoms with van der Waals surface area (Å²) >= 11 is 0. The summed E-state index contributed by atoms with van der Waals surface area (Å²) in [4.78, 5) is 2.27. The highest BCUT2D eigenvalue weighted by Gasteiger charge is 2.18. The third-order valence-electron chi connectivity index (χ3n) is 3.72. The monoisotopic (exact) mass is 297 g/mol. The molecule has 1 aliphatic heterocycles. The van der Waals surface area contributed by atoms with Gasteiger partial charge >= 0.3 is 0 Å². The molecule has 0 atom stereocenters. The average molecular weight is 297 g/mol. The Labute approximate surface area is 121 Å². The summed E-state index contributed by atoms with van der Waals surface area (Å²) in [6.45, 7) is 2.55. The Morgan fingerprint density at radius 3 is 2.90 bits per heavy atom. The highest BCUT2D eigenvalue weighted by atomic mass is 32.2. The summed E-state index contributed by atoms with van der Waals surface area (Å²) in [5, 5.41) is 0. The number of hydrogen-bond acceptors (Lipinski definition) is 4. The van der Waals surface area contributed by atoms with Crippen molar-refractivity contribution in [2.75, 3.05) is 38.2 Å². The van der Waals surface area contributed by atoms with Gasteiger partial charge in [-0.15, -0.1) is 0 Å². The van der Waals surface area contributed by atoms with Crippen molar-refractivity contribution < 1.29 is 13.2 Å². The van der Waals surface area contributed by atoms with Gasteiger partial charge < -0.3 is 9.64 Å². The van der Waals surface area contributed by atoms with Gasteiger partial charge in [0.15, 0.2) is 9.84 Å². The lowest BCUT2D eigenvalue weighted by molar-refractivity contribution is 0.291. The van der Waals surface area contributed by atoms with Crippen LogP contribution >= 0.6 is 0 Å². The topological polar surface area (TPSA) is 46.6 Å². The van der Waals surface area contributed by atoms with E-state index in [-0.39, 0.29) is 0 Å². The van der Waals surface area contributed by atoms with Crippen molar-refractivity contribution >= 4 is 9.84 Å². The van der Waals surface area contributed by atoms with E-state index < -0.39 is 9.84 Å². The average Bonchev–Trinajstić information content (AvgIpc) is 2.60. The van der Waals surface area contributed by atoms with Crippen LogP contribution in [0.3, 0.4) is 0 Å². The Hall–Kier alpha value is -1.07. The molecule has 0 aromatic heterocycles. The molecule has 5 heteroatoms. The lowest BCUT2D eigenvalue weighted by atomic mass is 10.1. The Balaban J connectivity index is 1.78. The van der Waals surface area contributed by atoms with Gasteiger partial charge in [-0.05, 0) is 50.0 Å². The number of sulfone groups is 1. The molecule has 0 spiro atoms. The predicted octanol–water partition coefficient (Wildman–Crippen LogP) is 1.75. The minimum absolute atomic E-state index is 0.312. The van der Waals surface area contributed by atoms with E-state index in [4.69, 9.17) is 4.74 Å². The Morgan fingerprint density at radius 2 is 2.10 bits per heavy atom. The van der Waals surface area contributed by atoms with E-state index in [1.165, 1.54) is 5.56 Å². The van der Waals surface area contributed by atoms with Gasteiger partial charge in [-0.3, -0.25) is 0 Å². The van der Waals surface area contributed by atoms with Gasteiger partial charge in [-0.2, -0.15) is 0 Å². The van der Waals surface area contributed by atoms with Crippen molar-refractivity contribution in [1.29, 1.82) is 0 Å². The summed E-state index contributed by atoms with van der Waals surface area (Å²) in [5.41, 5.74) is 1.27. The van der Waals surface area contributed by atoms with Gasteiger partial charge in [0.25, 0.3) is 0 Å². The fraction of sp³-hybridized carbons (Fsp3) is 0.600. The Kier molecular flexibility index (Phi) is 5.43. The molecule has 1 saturated heterocycles. The zero-order chi connectivity index (χ0) is 14.4. The normalized spacial score (nSPS) is 19.4. The van der Waals surface area contributed by atoms with Crippen LogP contribution in [0.1, 0.15) is 18.4 Å². The summed E-state index contributed by atoms with van der Waals surface area (Å²) in [6.07, 6.45) is 2.81. The van der Waals surface area contributed by atoms with Crippen LogP contribution in [0.15, 0.2) is 24.3 Å². The number of ether oxygens (including phenoxy) is 1. The molecule has 1 aliphatic rings. The maximum atomic E-state index is 11.5. The summed E-state index contributed by atoms with van der Waals surface area (Å²) in [6, 6.07) is 8.12. The van der Waals surface area contributed by atoms with Crippen LogP contribution in [0.25, 0.3) is 0 Å². The second kappa shape index (κ2) is 7.09. The molecule has 1 aromatic rings. The summed E-state index contributed by atoms with van der Waals surface area (Å²) in [7, 11) is -1.12. The highest BCUT2D eigenvalue weighted by Crippen LogP contribution is 2.14. The second-order valence-electron chi connectivity index (χ2n) is 5.30. The molecule has 0 unspecified atom stereocenters. The summed E-state index contributed by atoms with van der Waals surface area (Å²) < 4.78 is 28.3. The minimum Gasteiger partial charge on any atom is -0.497 e. The zero-order valence-electron chi connectivity index (χ0n) is 12.0. The molecule has 1 aromatic carbocycles. The maximum absolute atomic E-state index is 11.5. The Morgan fingerprint density at radius 1 is 1.25 bits per heavy atom. The molecular formula is C15H23NO3S. The van der Waals surface area contributed by atoms with Crippen LogP contribution in [0.2, 0.25) is 0 Å². The Bertz CT molecular complexity index is 528. The SMILES string of the molecule is COc1cccc(CCCN2CCCS(=O)(=O)CC2)c1. The van der Waals surface area contributed by atoms with Gasteiger partial charge in [-0.1, -0.05) is 12.1 Å². The standard InChI is InChI=1S/C15H23NO3S/c1-19-15-7-2-5-14(13-15)6-3-8-16-9-4-11-20(17,18)12-10-16/h2,5,7,13H,3-4,6,8-12H2,1H3. The molecule has 0 aliphatic carbocycles. The molecule has 0 bridgehead atoms. The van der Waals surface area contributed by atoms with E-state index in [1.807, 2.05) is 12.1 Å². The van der Waals surface area contributed by atoms with E-state index in [0.29, 0.717) is 18.1 Å². The van der Waals surface area contributed by atoms with Gasteiger partial charge in [0.05, 0.1) is 18.6 Å². The molecule has 0 amide bonds. The first-order valence-electron chi connectivity index (χ1n) is 7.15. The lowest BCUT2D eigenvalue weighted by Gasteiger charge is -2.18. The highest BCUT2D eigenvalue weighted by molar-refractivity contribution is 7.91. The fourth-order valence-corrected chi connectivity index (χ4v) is 3.86. The third-order valence-corrected chi connectivity index (χ3v) is 5.44. The number of aryl methyl sites for hydroxylation is 1. The molecular weight excluding hydrogens is 274 g/mol. The van der Waals surface area contributed by atoms with Crippen LogP contribution in [-0.2, 0) is 16.3 Å². The van der Waals surface area contributed by atoms with E-state index >= 15 is 0 Å². The maximum Gasteiger partial charge on any atom is 0.151 e. The van der Waals surface area contributed by atoms with Gasteiger partial charge in [0, 0.05) is 6.54 Å². The number of benzene rings is 1. The first-order valence-corrected chi connectivity index (χ1v) is 8.97. The largest absolute Gasteiger partial charge is 0.497 e. The lowest BCUT2D eigenvalue weighted by Crippen LogP contribution is -2.28. The van der Waals surface area contributed by atoms with Crippen LogP contribution in [0.4, 0.5) is 0 Å². The molecule has 4 nitrogen and oxygen atoms in total. The third kappa shape index (κ3) is 4.80. The molecule has 0 saturated carbocycles. The van der Waals surface area contributed by atoms with Gasteiger partial charge in [0.2, 0.25) is 0 Å². The molecule has 1 fully saturated rings. The quantitative estimate of drug-likeness (QED) is 0.830. The first kappa shape index (κ1) is 15.3. The van der Waals surface area contributed by atoms with E-state index in [9.17, 15) is 8.42 Å². The molecule has 0 radical (unpaired) electrons.